The zero-order chi connectivity index (χ0) is 23.0. The second-order valence-electron chi connectivity index (χ2n) is 8.29. The van der Waals surface area contributed by atoms with Crippen molar-refractivity contribution in [3.05, 3.63) is 91.0 Å². The number of anilines is 2. The van der Waals surface area contributed by atoms with Crippen molar-refractivity contribution in [2.24, 2.45) is 0 Å². The van der Waals surface area contributed by atoms with E-state index in [-0.39, 0.29) is 6.03 Å². The molecule has 5 nitrogen and oxygen atoms in total. The van der Waals surface area contributed by atoms with E-state index >= 15 is 0 Å². The molecule has 3 aromatic rings. The van der Waals surface area contributed by atoms with Gasteiger partial charge in [-0.05, 0) is 55.1 Å². The maximum Gasteiger partial charge on any atom is 0.326 e. The van der Waals surface area contributed by atoms with Gasteiger partial charge in [-0.15, -0.1) is 6.58 Å². The highest BCUT2D eigenvalue weighted by Crippen LogP contribution is 2.32. The number of aryl methyl sites for hydroxylation is 1. The highest BCUT2D eigenvalue weighted by Gasteiger charge is 2.23. The summed E-state index contributed by atoms with van der Waals surface area (Å²) in [6.07, 6.45) is 7.88. The molecule has 1 N–H and O–H groups in total. The third kappa shape index (κ3) is 5.62. The molecule has 0 radical (unpaired) electrons. The fourth-order valence-electron chi connectivity index (χ4n) is 4.15. The van der Waals surface area contributed by atoms with Gasteiger partial charge in [0.25, 0.3) is 0 Å². The van der Waals surface area contributed by atoms with E-state index in [1.807, 2.05) is 59.5 Å². The summed E-state index contributed by atoms with van der Waals surface area (Å²) in [5.74, 6) is 0.828. The summed E-state index contributed by atoms with van der Waals surface area (Å²) in [5, 5.41) is 5.26. The number of hydrogen-bond donors (Lipinski definition) is 1. The van der Waals surface area contributed by atoms with Crippen molar-refractivity contribution in [3.8, 4) is 5.75 Å². The summed E-state index contributed by atoms with van der Waals surface area (Å²) in [6.45, 7) is 6.69. The van der Waals surface area contributed by atoms with E-state index in [0.29, 0.717) is 13.2 Å². The number of nitrogens with one attached hydrogen (secondary N) is 1. The monoisotopic (exact) mass is 441 g/mol. The van der Waals surface area contributed by atoms with Gasteiger partial charge in [-0.3, -0.25) is 9.80 Å². The number of hydrogen-bond acceptors (Lipinski definition) is 3. The van der Waals surface area contributed by atoms with Crippen LogP contribution in [0.15, 0.2) is 85.5 Å². The molecule has 0 aromatic heterocycles. The molecule has 0 atom stereocenters. The molecule has 0 saturated heterocycles. The van der Waals surface area contributed by atoms with Crippen LogP contribution in [0.3, 0.4) is 0 Å². The smallest absolute Gasteiger partial charge is 0.326 e. The highest BCUT2D eigenvalue weighted by molar-refractivity contribution is 6.07. The number of fused-ring (bicyclic) bond motifs is 2. The van der Waals surface area contributed by atoms with Gasteiger partial charge in [0.2, 0.25) is 0 Å². The zero-order valence-electron chi connectivity index (χ0n) is 19.2. The van der Waals surface area contributed by atoms with Gasteiger partial charge in [0.05, 0.1) is 5.69 Å². The van der Waals surface area contributed by atoms with E-state index in [1.165, 1.54) is 0 Å². The summed E-state index contributed by atoms with van der Waals surface area (Å²) in [5.41, 5.74) is 2.92. The van der Waals surface area contributed by atoms with Crippen LogP contribution in [0.4, 0.5) is 16.2 Å². The number of amides is 2. The summed E-state index contributed by atoms with van der Waals surface area (Å²) < 4.78 is 5.91. The van der Waals surface area contributed by atoms with Crippen molar-refractivity contribution >= 4 is 28.2 Å². The molecule has 0 fully saturated rings. The Labute approximate surface area is 196 Å². The van der Waals surface area contributed by atoms with Crippen molar-refractivity contribution in [3.63, 3.8) is 0 Å². The Hall–Kier alpha value is -3.57. The molecule has 2 amide bonds. The second-order valence-corrected chi connectivity index (χ2v) is 8.29. The molecule has 0 aliphatic carbocycles. The van der Waals surface area contributed by atoms with Crippen LogP contribution in [-0.4, -0.2) is 44.2 Å². The summed E-state index contributed by atoms with van der Waals surface area (Å²) >= 11 is 0. The van der Waals surface area contributed by atoms with Gasteiger partial charge < -0.3 is 10.1 Å². The van der Waals surface area contributed by atoms with Gasteiger partial charge in [0.15, 0.2) is 0 Å². The van der Waals surface area contributed by atoms with Crippen LogP contribution in [0.1, 0.15) is 12.0 Å². The minimum Gasteiger partial charge on any atom is -0.490 e. The second kappa shape index (κ2) is 10.8. The Bertz CT molecular complexity index is 1150. The van der Waals surface area contributed by atoms with Crippen LogP contribution in [-0.2, 0) is 6.42 Å². The zero-order valence-corrected chi connectivity index (χ0v) is 19.2. The Kier molecular flexibility index (Phi) is 7.43. The Morgan fingerprint density at radius 1 is 1.12 bits per heavy atom. The van der Waals surface area contributed by atoms with Crippen LogP contribution in [0.25, 0.3) is 10.8 Å². The van der Waals surface area contributed by atoms with E-state index < -0.39 is 0 Å². The predicted octanol–water partition coefficient (Wildman–Crippen LogP) is 5.88. The summed E-state index contributed by atoms with van der Waals surface area (Å²) in [7, 11) is 2.05. The predicted molar refractivity (Wildman–Crippen MR) is 137 cm³/mol. The third-order valence-corrected chi connectivity index (χ3v) is 5.82. The van der Waals surface area contributed by atoms with Crippen molar-refractivity contribution in [2.75, 3.05) is 43.5 Å². The number of benzene rings is 3. The van der Waals surface area contributed by atoms with Gasteiger partial charge >= 0.3 is 6.03 Å². The minimum absolute atomic E-state index is 0.104. The maximum atomic E-state index is 13.2. The first-order valence-electron chi connectivity index (χ1n) is 11.4. The molecule has 0 bridgehead atoms. The fourth-order valence-corrected chi connectivity index (χ4v) is 4.15. The van der Waals surface area contributed by atoms with E-state index in [1.54, 1.807) is 0 Å². The molecule has 4 rings (SSSR count). The standard InChI is InChI=1S/C28H31N3O2/c1-3-17-30(2)18-6-7-20-33-24-15-16-27-23(21-24)12-9-19-31(27)28(32)29-26-14-8-11-22-10-4-5-13-25(22)26/h3-8,10-11,13-16,21H,1,9,12,17-20H2,2H3,(H,29,32). The molecule has 1 aliphatic rings. The average Bonchev–Trinajstić information content (AvgIpc) is 2.83. The Morgan fingerprint density at radius 2 is 1.97 bits per heavy atom. The summed E-state index contributed by atoms with van der Waals surface area (Å²) in [4.78, 5) is 17.2. The quantitative estimate of drug-likeness (QED) is 0.444. The molecule has 170 valence electrons. The molecule has 1 heterocycles. The number of likely N-dealkylation sites (N-methyl/N-ethyl adjacent to an activating group) is 1. The molecular formula is C28H31N3O2. The van der Waals surface area contributed by atoms with Crippen molar-refractivity contribution in [1.29, 1.82) is 0 Å². The Balaban J connectivity index is 1.41. The lowest BCUT2D eigenvalue weighted by molar-refractivity contribution is 0.256. The molecule has 3 aromatic carbocycles. The number of nitrogens with zero attached hydrogens (tertiary/aromatic N) is 2. The van der Waals surface area contributed by atoms with Crippen molar-refractivity contribution < 1.29 is 9.53 Å². The number of ether oxygens (including phenoxy) is 1. The van der Waals surface area contributed by atoms with Gasteiger partial charge in [0, 0.05) is 30.7 Å². The number of carbonyl (C=O) groups is 1. The average molecular weight is 442 g/mol. The fraction of sp³-hybridized carbons (Fsp3) is 0.250. The van der Waals surface area contributed by atoms with E-state index in [9.17, 15) is 4.79 Å². The molecule has 33 heavy (non-hydrogen) atoms. The topological polar surface area (TPSA) is 44.8 Å². The lowest BCUT2D eigenvalue weighted by Gasteiger charge is -2.30. The SMILES string of the molecule is C=CCN(C)CC=CCOc1ccc2c(c1)CCCN2C(=O)Nc1cccc2ccccc12. The number of carbonyl (C=O) groups excluding carboxylic acids is 1. The molecular weight excluding hydrogens is 410 g/mol. The number of rotatable bonds is 8. The lowest BCUT2D eigenvalue weighted by Crippen LogP contribution is -2.38. The van der Waals surface area contributed by atoms with Gasteiger partial charge in [-0.1, -0.05) is 54.6 Å². The third-order valence-electron chi connectivity index (χ3n) is 5.82. The lowest BCUT2D eigenvalue weighted by atomic mass is 10.0. The first-order chi connectivity index (χ1) is 16.2. The van der Waals surface area contributed by atoms with Crippen LogP contribution >= 0.6 is 0 Å². The molecule has 0 unspecified atom stereocenters. The molecule has 0 saturated carbocycles. The largest absolute Gasteiger partial charge is 0.490 e. The molecule has 0 spiro atoms. The van der Waals surface area contributed by atoms with E-state index in [0.717, 1.165) is 59.4 Å². The van der Waals surface area contributed by atoms with E-state index in [2.05, 4.69) is 48.1 Å². The molecule has 5 heteroatoms. The van der Waals surface area contributed by atoms with Crippen LogP contribution in [0.5, 0.6) is 5.75 Å². The Morgan fingerprint density at radius 3 is 2.85 bits per heavy atom. The highest BCUT2D eigenvalue weighted by atomic mass is 16.5. The van der Waals surface area contributed by atoms with Gasteiger partial charge in [-0.2, -0.15) is 0 Å². The van der Waals surface area contributed by atoms with Crippen LogP contribution in [0, 0.1) is 0 Å². The number of urea groups is 1. The van der Waals surface area contributed by atoms with Gasteiger partial charge in [0.1, 0.15) is 12.4 Å². The van der Waals surface area contributed by atoms with Crippen molar-refractivity contribution in [2.45, 2.75) is 12.8 Å². The summed E-state index contributed by atoms with van der Waals surface area (Å²) in [6, 6.07) is 19.9. The van der Waals surface area contributed by atoms with E-state index in [4.69, 9.17) is 4.74 Å². The minimum atomic E-state index is -0.104. The first kappa shape index (κ1) is 22.6. The normalized spacial score (nSPS) is 13.3. The first-order valence-corrected chi connectivity index (χ1v) is 11.4. The maximum absolute atomic E-state index is 13.2. The van der Waals surface area contributed by atoms with Crippen molar-refractivity contribution in [1.82, 2.24) is 4.90 Å². The van der Waals surface area contributed by atoms with Gasteiger partial charge in [-0.25, -0.2) is 4.79 Å². The van der Waals surface area contributed by atoms with Crippen LogP contribution < -0.4 is 15.0 Å². The molecule has 1 aliphatic heterocycles. The van der Waals surface area contributed by atoms with Crippen LogP contribution in [0.2, 0.25) is 0 Å².